The summed E-state index contributed by atoms with van der Waals surface area (Å²) in [5, 5.41) is 0.551. The van der Waals surface area contributed by atoms with E-state index in [-0.39, 0.29) is 12.1 Å². The topological polar surface area (TPSA) is 41.5 Å². The van der Waals surface area contributed by atoms with Crippen LogP contribution in [0.25, 0.3) is 0 Å². The number of aromatic nitrogens is 2. The van der Waals surface area contributed by atoms with E-state index in [2.05, 4.69) is 14.9 Å². The van der Waals surface area contributed by atoms with Crippen LogP contribution < -0.4 is 9.64 Å². The maximum absolute atomic E-state index is 12.9. The van der Waals surface area contributed by atoms with Gasteiger partial charge in [0.2, 0.25) is 5.88 Å². The minimum absolute atomic E-state index is 0.00176. The highest BCUT2D eigenvalue weighted by molar-refractivity contribution is 6.30. The van der Waals surface area contributed by atoms with E-state index in [1.807, 2.05) is 4.90 Å². The Hall–Kier alpha value is -2.06. The van der Waals surface area contributed by atoms with Crippen molar-refractivity contribution in [1.82, 2.24) is 14.9 Å². The number of hydrogen-bond acceptors (Lipinski definition) is 5. The molecule has 0 radical (unpaired) electrons. The molecular formula is C18H18ClF3N4O. The van der Waals surface area contributed by atoms with Crippen molar-refractivity contribution in [1.29, 1.82) is 0 Å². The fourth-order valence-corrected chi connectivity index (χ4v) is 3.76. The van der Waals surface area contributed by atoms with Gasteiger partial charge in [0.25, 0.3) is 0 Å². The second-order valence-electron chi connectivity index (χ2n) is 6.76. The summed E-state index contributed by atoms with van der Waals surface area (Å²) in [6.07, 6.45) is -2.10. The fourth-order valence-electron chi connectivity index (χ4n) is 3.65. The normalized spacial score (nSPS) is 23.3. The molecule has 9 heteroatoms. The smallest absolute Gasteiger partial charge is 0.433 e. The number of nitrogens with zero attached hydrogens (tertiary/aromatic N) is 4. The molecule has 2 aromatic rings. The van der Waals surface area contributed by atoms with Crippen LogP contribution in [0, 0.1) is 0 Å². The molecular weight excluding hydrogens is 381 g/mol. The number of hydrogen-bond donors (Lipinski definition) is 0. The summed E-state index contributed by atoms with van der Waals surface area (Å²) < 4.78 is 44.7. The molecule has 2 aromatic heterocycles. The first-order valence-electron chi connectivity index (χ1n) is 8.70. The third-order valence-electron chi connectivity index (χ3n) is 4.91. The molecule has 2 atom stereocenters. The molecule has 0 bridgehead atoms. The number of anilines is 1. The van der Waals surface area contributed by atoms with Crippen LogP contribution in [0.2, 0.25) is 5.02 Å². The molecule has 2 aliphatic rings. The van der Waals surface area contributed by atoms with Crippen LogP contribution >= 0.6 is 11.6 Å². The van der Waals surface area contributed by atoms with Crippen molar-refractivity contribution in [3.63, 3.8) is 0 Å². The average Bonchev–Trinajstić information content (AvgIpc) is 3.04. The van der Waals surface area contributed by atoms with Crippen LogP contribution in [0.1, 0.15) is 12.1 Å². The molecule has 27 heavy (non-hydrogen) atoms. The van der Waals surface area contributed by atoms with Gasteiger partial charge in [-0.2, -0.15) is 13.2 Å². The third kappa shape index (κ3) is 4.11. The third-order valence-corrected chi connectivity index (χ3v) is 5.14. The first-order chi connectivity index (χ1) is 12.9. The summed E-state index contributed by atoms with van der Waals surface area (Å²) in [7, 11) is 0. The second kappa shape index (κ2) is 7.16. The maximum atomic E-state index is 12.9. The van der Waals surface area contributed by atoms with E-state index >= 15 is 0 Å². The Morgan fingerprint density at radius 3 is 2.70 bits per heavy atom. The lowest BCUT2D eigenvalue weighted by Gasteiger charge is -2.37. The molecule has 0 amide bonds. The predicted octanol–water partition coefficient (Wildman–Crippen LogP) is 3.49. The highest BCUT2D eigenvalue weighted by Crippen LogP contribution is 2.31. The van der Waals surface area contributed by atoms with Crippen molar-refractivity contribution in [3.05, 3.63) is 47.2 Å². The number of pyridine rings is 2. The lowest BCUT2D eigenvalue weighted by Crippen LogP contribution is -2.50. The minimum Gasteiger partial charge on any atom is -0.473 e. The number of halogens is 4. The lowest BCUT2D eigenvalue weighted by atomic mass is 10.1. The summed E-state index contributed by atoms with van der Waals surface area (Å²) >= 11 is 5.83. The van der Waals surface area contributed by atoms with E-state index < -0.39 is 11.9 Å². The van der Waals surface area contributed by atoms with Gasteiger partial charge in [-0.1, -0.05) is 17.7 Å². The van der Waals surface area contributed by atoms with E-state index in [0.29, 0.717) is 29.8 Å². The standard InChI is InChI=1S/C18H18ClF3N4O/c19-12-4-5-17(23-9-12)27-14-8-13-10-26(7-6-25(13)11-14)16-3-1-2-15(24-16)18(20,21)22/h1-5,9,13-14H,6-8,10-11H2/t13-,14+/m0/s1. The van der Waals surface area contributed by atoms with Crippen LogP contribution in [0.15, 0.2) is 36.5 Å². The van der Waals surface area contributed by atoms with Gasteiger partial charge in [0.05, 0.1) is 5.02 Å². The highest BCUT2D eigenvalue weighted by Gasteiger charge is 2.38. The van der Waals surface area contributed by atoms with Crippen LogP contribution in [0.3, 0.4) is 0 Å². The van der Waals surface area contributed by atoms with Crippen molar-refractivity contribution < 1.29 is 17.9 Å². The molecule has 144 valence electrons. The van der Waals surface area contributed by atoms with Crippen molar-refractivity contribution in [2.45, 2.75) is 24.7 Å². The summed E-state index contributed by atoms with van der Waals surface area (Å²) in [6.45, 7) is 2.80. The monoisotopic (exact) mass is 398 g/mol. The predicted molar refractivity (Wildman–Crippen MR) is 95.1 cm³/mol. The van der Waals surface area contributed by atoms with Gasteiger partial charge in [0.1, 0.15) is 17.6 Å². The van der Waals surface area contributed by atoms with Crippen LogP contribution in [0.5, 0.6) is 5.88 Å². The Balaban J connectivity index is 1.41. The molecule has 2 saturated heterocycles. The number of ether oxygens (including phenoxy) is 1. The quantitative estimate of drug-likeness (QED) is 0.791. The summed E-state index contributed by atoms with van der Waals surface area (Å²) in [4.78, 5) is 12.2. The van der Waals surface area contributed by atoms with Gasteiger partial charge in [-0.05, 0) is 18.2 Å². The van der Waals surface area contributed by atoms with Crippen molar-refractivity contribution >= 4 is 17.4 Å². The summed E-state index contributed by atoms with van der Waals surface area (Å²) in [5.74, 6) is 0.897. The van der Waals surface area contributed by atoms with Gasteiger partial charge in [-0.25, -0.2) is 9.97 Å². The van der Waals surface area contributed by atoms with Crippen molar-refractivity contribution in [2.24, 2.45) is 0 Å². The van der Waals surface area contributed by atoms with Gasteiger partial charge in [0.15, 0.2) is 0 Å². The number of alkyl halides is 3. The van der Waals surface area contributed by atoms with Crippen LogP contribution in [-0.4, -0.2) is 53.2 Å². The van der Waals surface area contributed by atoms with Crippen LogP contribution in [0.4, 0.5) is 19.0 Å². The molecule has 2 fully saturated rings. The van der Waals surface area contributed by atoms with E-state index in [4.69, 9.17) is 16.3 Å². The maximum Gasteiger partial charge on any atom is 0.433 e. The molecule has 2 aliphatic heterocycles. The van der Waals surface area contributed by atoms with Crippen molar-refractivity contribution in [3.8, 4) is 5.88 Å². The van der Waals surface area contributed by atoms with Crippen LogP contribution in [-0.2, 0) is 6.18 Å². The van der Waals surface area contributed by atoms with E-state index in [1.165, 1.54) is 6.07 Å². The van der Waals surface area contributed by atoms with E-state index in [0.717, 1.165) is 25.6 Å². The lowest BCUT2D eigenvalue weighted by molar-refractivity contribution is -0.141. The Labute approximate surface area is 159 Å². The first-order valence-corrected chi connectivity index (χ1v) is 9.08. The van der Waals surface area contributed by atoms with E-state index in [9.17, 15) is 13.2 Å². The number of fused-ring (bicyclic) bond motifs is 1. The molecule has 4 heterocycles. The Morgan fingerprint density at radius 1 is 1.11 bits per heavy atom. The summed E-state index contributed by atoms with van der Waals surface area (Å²) in [6, 6.07) is 7.71. The zero-order chi connectivity index (χ0) is 19.0. The molecule has 0 spiro atoms. The Bertz CT molecular complexity index is 802. The zero-order valence-electron chi connectivity index (χ0n) is 14.4. The summed E-state index contributed by atoms with van der Waals surface area (Å²) in [5.41, 5.74) is -0.858. The molecule has 0 unspecified atom stereocenters. The van der Waals surface area contributed by atoms with Gasteiger partial charge >= 0.3 is 6.18 Å². The second-order valence-corrected chi connectivity index (χ2v) is 7.20. The Morgan fingerprint density at radius 2 is 1.96 bits per heavy atom. The van der Waals surface area contributed by atoms with Crippen molar-refractivity contribution in [2.75, 3.05) is 31.1 Å². The van der Waals surface area contributed by atoms with Gasteiger partial charge in [0, 0.05) is 50.9 Å². The molecule has 0 aromatic carbocycles. The molecule has 0 aliphatic carbocycles. The number of piperazine rings is 1. The first kappa shape index (κ1) is 18.3. The number of rotatable bonds is 3. The average molecular weight is 399 g/mol. The molecule has 4 rings (SSSR count). The SMILES string of the molecule is FC(F)(F)c1cccc(N2CCN3C[C@H](Oc4ccc(Cl)cn4)C[C@H]3C2)n1. The molecule has 5 nitrogen and oxygen atoms in total. The largest absolute Gasteiger partial charge is 0.473 e. The minimum atomic E-state index is -4.43. The van der Waals surface area contributed by atoms with E-state index in [1.54, 1.807) is 24.4 Å². The fraction of sp³-hybridized carbons (Fsp3) is 0.444. The highest BCUT2D eigenvalue weighted by atomic mass is 35.5. The zero-order valence-corrected chi connectivity index (χ0v) is 15.1. The molecule has 0 saturated carbocycles. The van der Waals surface area contributed by atoms with Gasteiger partial charge in [-0.15, -0.1) is 0 Å². The Kier molecular flexibility index (Phi) is 4.86. The van der Waals surface area contributed by atoms with Gasteiger partial charge < -0.3 is 9.64 Å². The molecule has 0 N–H and O–H groups in total. The van der Waals surface area contributed by atoms with Gasteiger partial charge in [-0.3, -0.25) is 4.90 Å².